The van der Waals surface area contributed by atoms with Gasteiger partial charge in [0.1, 0.15) is 6.73 Å². The van der Waals surface area contributed by atoms with Crippen molar-refractivity contribution in [3.05, 3.63) is 5.69 Å². The Morgan fingerprint density at radius 2 is 2.20 bits per heavy atom. The van der Waals surface area contributed by atoms with Crippen LogP contribution in [0.4, 0.5) is 5.82 Å². The molecule has 1 amide bonds. The molecule has 20 heavy (non-hydrogen) atoms. The predicted molar refractivity (Wildman–Crippen MR) is 75.0 cm³/mol. The van der Waals surface area contributed by atoms with Crippen molar-refractivity contribution in [3.63, 3.8) is 0 Å². The summed E-state index contributed by atoms with van der Waals surface area (Å²) in [6, 6.07) is 0. The van der Waals surface area contributed by atoms with E-state index in [1.165, 1.54) is 36.8 Å². The van der Waals surface area contributed by atoms with Crippen molar-refractivity contribution in [1.29, 1.82) is 0 Å². The first-order chi connectivity index (χ1) is 9.72. The van der Waals surface area contributed by atoms with Crippen LogP contribution in [-0.2, 0) is 11.5 Å². The van der Waals surface area contributed by atoms with Gasteiger partial charge in [-0.25, -0.2) is 4.68 Å². The second kappa shape index (κ2) is 7.23. The minimum absolute atomic E-state index is 0.181. The first kappa shape index (κ1) is 14.8. The van der Waals surface area contributed by atoms with Crippen LogP contribution in [-0.4, -0.2) is 34.1 Å². The second-order valence-electron chi connectivity index (χ2n) is 5.16. The Kier molecular flexibility index (Phi) is 5.34. The summed E-state index contributed by atoms with van der Waals surface area (Å²) in [4.78, 5) is 12.0. The number of aromatic nitrogens is 3. The minimum atomic E-state index is -0.254. The minimum Gasteiger partial charge on any atom is -0.382 e. The third-order valence-corrected chi connectivity index (χ3v) is 3.68. The van der Waals surface area contributed by atoms with Gasteiger partial charge in [-0.15, -0.1) is 5.10 Å². The zero-order chi connectivity index (χ0) is 14.4. The van der Waals surface area contributed by atoms with Crippen LogP contribution in [0.25, 0.3) is 0 Å². The van der Waals surface area contributed by atoms with Gasteiger partial charge in [0, 0.05) is 13.2 Å². The molecular weight excluding hydrogens is 258 g/mol. The molecule has 1 heterocycles. The number of carbonyl (C=O) groups is 1. The number of anilines is 1. The fraction of sp³-hybridized carbons (Fsp3) is 0.769. The Bertz CT molecular complexity index is 440. The summed E-state index contributed by atoms with van der Waals surface area (Å²) in [6.07, 6.45) is 6.20. The molecule has 0 saturated heterocycles. The van der Waals surface area contributed by atoms with E-state index in [-0.39, 0.29) is 24.1 Å². The molecular formula is C13H23N5O2. The average Bonchev–Trinajstić information content (AvgIpc) is 2.85. The lowest BCUT2D eigenvalue weighted by molar-refractivity contribution is 0.0794. The predicted octanol–water partition coefficient (Wildman–Crippen LogP) is 1.16. The summed E-state index contributed by atoms with van der Waals surface area (Å²) in [5.41, 5.74) is 6.03. The molecule has 1 aliphatic carbocycles. The molecule has 2 rings (SSSR count). The molecule has 0 atom stereocenters. The molecule has 7 nitrogen and oxygen atoms in total. The van der Waals surface area contributed by atoms with Crippen LogP contribution < -0.4 is 11.1 Å². The number of nitrogens with zero attached hydrogens (tertiary/aromatic N) is 3. The van der Waals surface area contributed by atoms with Crippen LogP contribution in [0.3, 0.4) is 0 Å². The Labute approximate surface area is 118 Å². The van der Waals surface area contributed by atoms with Gasteiger partial charge in [-0.1, -0.05) is 24.5 Å². The van der Waals surface area contributed by atoms with E-state index in [1.807, 2.05) is 6.92 Å². The molecule has 3 N–H and O–H groups in total. The molecule has 1 fully saturated rings. The van der Waals surface area contributed by atoms with E-state index < -0.39 is 0 Å². The Morgan fingerprint density at radius 1 is 1.45 bits per heavy atom. The topological polar surface area (TPSA) is 95.1 Å². The lowest BCUT2D eigenvalue weighted by Crippen LogP contribution is -2.31. The fourth-order valence-electron chi connectivity index (χ4n) is 2.47. The molecule has 7 heteroatoms. The third kappa shape index (κ3) is 3.69. The lowest BCUT2D eigenvalue weighted by atomic mass is 9.89. The number of ether oxygens (including phenoxy) is 1. The maximum Gasteiger partial charge on any atom is 0.275 e. The molecule has 1 saturated carbocycles. The highest BCUT2D eigenvalue weighted by Crippen LogP contribution is 2.22. The summed E-state index contributed by atoms with van der Waals surface area (Å²) in [5.74, 6) is 0.572. The van der Waals surface area contributed by atoms with E-state index in [4.69, 9.17) is 10.5 Å². The van der Waals surface area contributed by atoms with Gasteiger partial charge in [0.25, 0.3) is 5.91 Å². The summed E-state index contributed by atoms with van der Waals surface area (Å²) in [6.45, 7) is 3.34. The highest BCUT2D eigenvalue weighted by Gasteiger charge is 2.19. The summed E-state index contributed by atoms with van der Waals surface area (Å²) in [5, 5.41) is 10.6. The molecule has 0 spiro atoms. The van der Waals surface area contributed by atoms with Crippen molar-refractivity contribution in [2.24, 2.45) is 5.92 Å². The number of carbonyl (C=O) groups excluding carboxylic acids is 1. The van der Waals surface area contributed by atoms with E-state index in [0.29, 0.717) is 19.1 Å². The number of rotatable bonds is 6. The van der Waals surface area contributed by atoms with Crippen molar-refractivity contribution in [2.45, 2.75) is 45.8 Å². The van der Waals surface area contributed by atoms with Crippen molar-refractivity contribution < 1.29 is 9.53 Å². The third-order valence-electron chi connectivity index (χ3n) is 3.68. The number of nitrogens with one attached hydrogen (secondary N) is 1. The summed E-state index contributed by atoms with van der Waals surface area (Å²) >= 11 is 0. The SMILES string of the molecule is CCOCn1nnc(C(=O)NCC2CCCCC2)c1N. The fourth-order valence-corrected chi connectivity index (χ4v) is 2.47. The molecule has 1 aromatic rings. The Balaban J connectivity index is 1.86. The number of nitrogen functional groups attached to an aromatic ring is 1. The molecule has 0 bridgehead atoms. The normalized spacial score (nSPS) is 16.2. The number of hydrogen-bond donors (Lipinski definition) is 2. The van der Waals surface area contributed by atoms with Crippen LogP contribution in [0.5, 0.6) is 0 Å². The second-order valence-corrected chi connectivity index (χ2v) is 5.16. The van der Waals surface area contributed by atoms with Gasteiger partial charge in [0.2, 0.25) is 0 Å². The van der Waals surface area contributed by atoms with Crippen molar-refractivity contribution in [2.75, 3.05) is 18.9 Å². The van der Waals surface area contributed by atoms with Gasteiger partial charge in [-0.05, 0) is 25.7 Å². The summed E-state index contributed by atoms with van der Waals surface area (Å²) in [7, 11) is 0. The van der Waals surface area contributed by atoms with Gasteiger partial charge >= 0.3 is 0 Å². The first-order valence-corrected chi connectivity index (χ1v) is 7.27. The van der Waals surface area contributed by atoms with Gasteiger partial charge in [0.15, 0.2) is 11.5 Å². The smallest absolute Gasteiger partial charge is 0.275 e. The van der Waals surface area contributed by atoms with E-state index in [1.54, 1.807) is 0 Å². The van der Waals surface area contributed by atoms with Crippen molar-refractivity contribution in [1.82, 2.24) is 20.3 Å². The first-order valence-electron chi connectivity index (χ1n) is 7.27. The molecule has 1 aliphatic rings. The highest BCUT2D eigenvalue weighted by atomic mass is 16.5. The lowest BCUT2D eigenvalue weighted by Gasteiger charge is -2.21. The Morgan fingerprint density at radius 3 is 2.90 bits per heavy atom. The van der Waals surface area contributed by atoms with Crippen LogP contribution in [0.15, 0.2) is 0 Å². The molecule has 112 valence electrons. The maximum atomic E-state index is 12.0. The molecule has 0 radical (unpaired) electrons. The van der Waals surface area contributed by atoms with Crippen molar-refractivity contribution >= 4 is 11.7 Å². The Hall–Kier alpha value is -1.63. The number of amides is 1. The van der Waals surface area contributed by atoms with Gasteiger partial charge in [-0.2, -0.15) is 0 Å². The average molecular weight is 281 g/mol. The van der Waals surface area contributed by atoms with Gasteiger partial charge in [-0.3, -0.25) is 4.79 Å². The standard InChI is InChI=1S/C13H23N5O2/c1-2-20-9-18-12(14)11(16-17-18)13(19)15-8-10-6-4-3-5-7-10/h10H,2-9,14H2,1H3,(H,15,19). The zero-order valence-electron chi connectivity index (χ0n) is 12.0. The van der Waals surface area contributed by atoms with Gasteiger partial charge < -0.3 is 15.8 Å². The molecule has 1 aromatic heterocycles. The number of nitrogens with two attached hydrogens (primary N) is 1. The van der Waals surface area contributed by atoms with Crippen LogP contribution >= 0.6 is 0 Å². The van der Waals surface area contributed by atoms with E-state index >= 15 is 0 Å². The summed E-state index contributed by atoms with van der Waals surface area (Å²) < 4.78 is 6.59. The van der Waals surface area contributed by atoms with Crippen LogP contribution in [0, 0.1) is 5.92 Å². The number of hydrogen-bond acceptors (Lipinski definition) is 5. The van der Waals surface area contributed by atoms with Crippen LogP contribution in [0.1, 0.15) is 49.5 Å². The van der Waals surface area contributed by atoms with E-state index in [0.717, 1.165) is 0 Å². The maximum absolute atomic E-state index is 12.0. The quantitative estimate of drug-likeness (QED) is 0.816. The zero-order valence-corrected chi connectivity index (χ0v) is 12.0. The van der Waals surface area contributed by atoms with Gasteiger partial charge in [0.05, 0.1) is 0 Å². The largest absolute Gasteiger partial charge is 0.382 e. The molecule has 0 aliphatic heterocycles. The molecule has 0 unspecified atom stereocenters. The van der Waals surface area contributed by atoms with E-state index in [9.17, 15) is 4.79 Å². The molecule has 0 aromatic carbocycles. The highest BCUT2D eigenvalue weighted by molar-refractivity contribution is 5.96. The van der Waals surface area contributed by atoms with Crippen LogP contribution in [0.2, 0.25) is 0 Å². The van der Waals surface area contributed by atoms with Crippen molar-refractivity contribution in [3.8, 4) is 0 Å². The monoisotopic (exact) mass is 281 g/mol. The van der Waals surface area contributed by atoms with E-state index in [2.05, 4.69) is 15.6 Å².